The van der Waals surface area contributed by atoms with Crippen molar-refractivity contribution in [2.24, 2.45) is 0 Å². The van der Waals surface area contributed by atoms with Crippen molar-refractivity contribution in [3.8, 4) is 5.75 Å². The Morgan fingerprint density at radius 3 is 3.00 bits per heavy atom. The van der Waals surface area contributed by atoms with Crippen LogP contribution in [0.3, 0.4) is 0 Å². The average molecular weight is 379 g/mol. The molecule has 1 N–H and O–H groups in total. The Kier molecular flexibility index (Phi) is 5.34. The van der Waals surface area contributed by atoms with Gasteiger partial charge >= 0.3 is 0 Å². The molecule has 1 aliphatic heterocycles. The summed E-state index contributed by atoms with van der Waals surface area (Å²) in [7, 11) is 0. The molecule has 0 saturated carbocycles. The van der Waals surface area contributed by atoms with E-state index in [-0.39, 0.29) is 24.1 Å². The zero-order valence-electron chi connectivity index (χ0n) is 15.3. The molecule has 7 nitrogen and oxygen atoms in total. The molecule has 7 heteroatoms. The van der Waals surface area contributed by atoms with Crippen LogP contribution in [-0.4, -0.2) is 34.8 Å². The van der Waals surface area contributed by atoms with Gasteiger partial charge in [0.05, 0.1) is 23.3 Å². The Balaban J connectivity index is 1.43. The van der Waals surface area contributed by atoms with Crippen LogP contribution in [0.2, 0.25) is 0 Å². The smallest absolute Gasteiger partial charge is 0.269 e. The van der Waals surface area contributed by atoms with E-state index in [4.69, 9.17) is 9.47 Å². The SMILES string of the molecule is O=C(Cn1c(=O)cnc2ccccc21)Nc1cccc(OCC2CCCO2)c1. The van der Waals surface area contributed by atoms with Crippen LogP contribution in [0.25, 0.3) is 11.0 Å². The molecule has 144 valence electrons. The minimum atomic E-state index is -0.317. The van der Waals surface area contributed by atoms with Gasteiger partial charge in [-0.15, -0.1) is 0 Å². The van der Waals surface area contributed by atoms with E-state index in [1.165, 1.54) is 10.8 Å². The third-order valence-corrected chi connectivity index (χ3v) is 4.63. The second-order valence-electron chi connectivity index (χ2n) is 6.69. The number of rotatable bonds is 6. The number of anilines is 1. The minimum Gasteiger partial charge on any atom is -0.491 e. The number of nitrogens with zero attached hydrogens (tertiary/aromatic N) is 2. The molecule has 28 heavy (non-hydrogen) atoms. The Labute approximate surface area is 161 Å². The average Bonchev–Trinajstić information content (AvgIpc) is 3.23. The lowest BCUT2D eigenvalue weighted by Crippen LogP contribution is -2.28. The van der Waals surface area contributed by atoms with Crippen molar-refractivity contribution in [3.05, 3.63) is 65.1 Å². The fourth-order valence-corrected chi connectivity index (χ4v) is 3.25. The number of carbonyl (C=O) groups is 1. The number of fused-ring (bicyclic) bond motifs is 1. The maximum atomic E-state index is 12.5. The first-order valence-corrected chi connectivity index (χ1v) is 9.28. The molecule has 0 bridgehead atoms. The number of carbonyl (C=O) groups excluding carboxylic acids is 1. The lowest BCUT2D eigenvalue weighted by molar-refractivity contribution is -0.116. The third-order valence-electron chi connectivity index (χ3n) is 4.63. The van der Waals surface area contributed by atoms with Gasteiger partial charge in [-0.3, -0.25) is 14.2 Å². The van der Waals surface area contributed by atoms with Gasteiger partial charge < -0.3 is 14.8 Å². The van der Waals surface area contributed by atoms with E-state index in [0.29, 0.717) is 29.1 Å². The molecular weight excluding hydrogens is 358 g/mol. The molecule has 0 spiro atoms. The van der Waals surface area contributed by atoms with Gasteiger partial charge in [-0.1, -0.05) is 18.2 Å². The van der Waals surface area contributed by atoms with Gasteiger partial charge in [0.2, 0.25) is 5.91 Å². The molecule has 2 aromatic carbocycles. The van der Waals surface area contributed by atoms with Gasteiger partial charge in [-0.05, 0) is 37.1 Å². The van der Waals surface area contributed by atoms with Gasteiger partial charge in [0.15, 0.2) is 0 Å². The van der Waals surface area contributed by atoms with Crippen molar-refractivity contribution < 1.29 is 14.3 Å². The summed E-state index contributed by atoms with van der Waals surface area (Å²) in [6.07, 6.45) is 3.43. The number of aromatic nitrogens is 2. The molecule has 0 radical (unpaired) electrons. The summed E-state index contributed by atoms with van der Waals surface area (Å²) in [5.41, 5.74) is 1.59. The van der Waals surface area contributed by atoms with Crippen LogP contribution >= 0.6 is 0 Å². The molecule has 1 aromatic heterocycles. The summed E-state index contributed by atoms with van der Waals surface area (Å²) in [4.78, 5) is 28.8. The van der Waals surface area contributed by atoms with E-state index in [9.17, 15) is 9.59 Å². The highest BCUT2D eigenvalue weighted by atomic mass is 16.5. The highest BCUT2D eigenvalue weighted by molar-refractivity contribution is 5.91. The van der Waals surface area contributed by atoms with E-state index in [1.54, 1.807) is 24.3 Å². The second kappa shape index (κ2) is 8.22. The maximum Gasteiger partial charge on any atom is 0.269 e. The molecule has 1 atom stereocenters. The number of benzene rings is 2. The second-order valence-corrected chi connectivity index (χ2v) is 6.69. The van der Waals surface area contributed by atoms with E-state index in [2.05, 4.69) is 10.3 Å². The Morgan fingerprint density at radius 2 is 2.14 bits per heavy atom. The summed E-state index contributed by atoms with van der Waals surface area (Å²) < 4.78 is 12.7. The molecule has 1 amide bonds. The van der Waals surface area contributed by atoms with Crippen LogP contribution in [-0.2, 0) is 16.1 Å². The highest BCUT2D eigenvalue weighted by Crippen LogP contribution is 2.20. The number of amides is 1. The summed E-state index contributed by atoms with van der Waals surface area (Å²) in [5, 5.41) is 2.82. The van der Waals surface area contributed by atoms with Gasteiger partial charge in [0, 0.05) is 18.4 Å². The number of para-hydroxylation sites is 2. The summed E-state index contributed by atoms with van der Waals surface area (Å²) in [5.74, 6) is 0.370. The van der Waals surface area contributed by atoms with Crippen LogP contribution in [0.1, 0.15) is 12.8 Å². The molecule has 3 aromatic rings. The van der Waals surface area contributed by atoms with Crippen LogP contribution in [0.4, 0.5) is 5.69 Å². The molecule has 4 rings (SSSR count). The first-order chi connectivity index (χ1) is 13.7. The number of nitrogens with one attached hydrogen (secondary N) is 1. The summed E-state index contributed by atoms with van der Waals surface area (Å²) in [6, 6.07) is 14.4. The first kappa shape index (κ1) is 18.2. The Bertz CT molecular complexity index is 1040. The van der Waals surface area contributed by atoms with Crippen molar-refractivity contribution in [2.45, 2.75) is 25.5 Å². The topological polar surface area (TPSA) is 82.5 Å². The van der Waals surface area contributed by atoms with Crippen LogP contribution in [0.15, 0.2) is 59.5 Å². The van der Waals surface area contributed by atoms with E-state index in [0.717, 1.165) is 19.4 Å². The van der Waals surface area contributed by atoms with E-state index >= 15 is 0 Å². The quantitative estimate of drug-likeness (QED) is 0.712. The molecule has 1 fully saturated rings. The largest absolute Gasteiger partial charge is 0.491 e. The molecule has 0 aliphatic carbocycles. The fourth-order valence-electron chi connectivity index (χ4n) is 3.25. The number of hydrogen-bond donors (Lipinski definition) is 1. The van der Waals surface area contributed by atoms with Crippen molar-refractivity contribution in [2.75, 3.05) is 18.5 Å². The van der Waals surface area contributed by atoms with Crippen LogP contribution in [0.5, 0.6) is 5.75 Å². The lowest BCUT2D eigenvalue weighted by Gasteiger charge is -2.13. The van der Waals surface area contributed by atoms with Crippen LogP contribution < -0.4 is 15.6 Å². The number of hydrogen-bond acceptors (Lipinski definition) is 5. The van der Waals surface area contributed by atoms with E-state index in [1.807, 2.05) is 24.3 Å². The van der Waals surface area contributed by atoms with Gasteiger partial charge in [-0.2, -0.15) is 0 Å². The van der Waals surface area contributed by atoms with Crippen molar-refractivity contribution >= 4 is 22.6 Å². The third kappa shape index (κ3) is 4.20. The van der Waals surface area contributed by atoms with Crippen LogP contribution in [0, 0.1) is 0 Å². The summed E-state index contributed by atoms with van der Waals surface area (Å²) in [6.45, 7) is 1.19. The standard InChI is InChI=1S/C21H21N3O4/c25-20(13-24-19-9-2-1-8-18(19)22-12-21(24)26)23-15-5-3-6-16(11-15)28-14-17-7-4-10-27-17/h1-3,5-6,8-9,11-12,17H,4,7,10,13-14H2,(H,23,25). The highest BCUT2D eigenvalue weighted by Gasteiger charge is 2.16. The van der Waals surface area contributed by atoms with Crippen molar-refractivity contribution in [1.29, 1.82) is 0 Å². The maximum absolute atomic E-state index is 12.5. The predicted octanol–water partition coefficient (Wildman–Crippen LogP) is 2.59. The fraction of sp³-hybridized carbons (Fsp3) is 0.286. The lowest BCUT2D eigenvalue weighted by atomic mass is 10.2. The predicted molar refractivity (Wildman–Crippen MR) is 106 cm³/mol. The van der Waals surface area contributed by atoms with Crippen molar-refractivity contribution in [1.82, 2.24) is 9.55 Å². The summed E-state index contributed by atoms with van der Waals surface area (Å²) >= 11 is 0. The van der Waals surface area contributed by atoms with Gasteiger partial charge in [0.25, 0.3) is 5.56 Å². The minimum absolute atomic E-state index is 0.0944. The monoisotopic (exact) mass is 379 g/mol. The van der Waals surface area contributed by atoms with E-state index < -0.39 is 0 Å². The normalized spacial score (nSPS) is 16.2. The molecular formula is C21H21N3O4. The van der Waals surface area contributed by atoms with Gasteiger partial charge in [0.1, 0.15) is 18.9 Å². The molecule has 2 heterocycles. The number of ether oxygens (including phenoxy) is 2. The van der Waals surface area contributed by atoms with Gasteiger partial charge in [-0.25, -0.2) is 4.98 Å². The zero-order chi connectivity index (χ0) is 19.3. The molecule has 1 unspecified atom stereocenters. The Hall–Kier alpha value is -3.19. The zero-order valence-corrected chi connectivity index (χ0v) is 15.3. The first-order valence-electron chi connectivity index (χ1n) is 9.28. The Morgan fingerprint density at radius 1 is 1.25 bits per heavy atom. The molecule has 1 aliphatic rings. The van der Waals surface area contributed by atoms with Crippen molar-refractivity contribution in [3.63, 3.8) is 0 Å². The molecule has 1 saturated heterocycles.